The van der Waals surface area contributed by atoms with Crippen molar-refractivity contribution in [3.63, 3.8) is 0 Å². The number of aliphatic imine (C=N–C) groups is 1. The molecular formula is C16H28IN3O2. The van der Waals surface area contributed by atoms with Gasteiger partial charge >= 0.3 is 0 Å². The fourth-order valence-corrected chi connectivity index (χ4v) is 2.59. The number of rotatable bonds is 4. The number of nitrogens with one attached hydrogen (secondary N) is 2. The molecule has 1 fully saturated rings. The Bertz CT molecular complexity index is 550. The van der Waals surface area contributed by atoms with Crippen molar-refractivity contribution in [2.45, 2.75) is 52.7 Å². The van der Waals surface area contributed by atoms with E-state index in [0.717, 1.165) is 29.5 Å². The van der Waals surface area contributed by atoms with E-state index in [4.69, 9.17) is 4.42 Å². The molecule has 6 heteroatoms. The Labute approximate surface area is 150 Å². The van der Waals surface area contributed by atoms with Crippen molar-refractivity contribution in [1.82, 2.24) is 10.6 Å². The Morgan fingerprint density at radius 3 is 2.50 bits per heavy atom. The molecule has 0 radical (unpaired) electrons. The van der Waals surface area contributed by atoms with Crippen molar-refractivity contribution in [2.75, 3.05) is 13.6 Å². The van der Waals surface area contributed by atoms with E-state index < -0.39 is 5.60 Å². The van der Waals surface area contributed by atoms with E-state index in [1.165, 1.54) is 0 Å². The molecule has 1 aromatic rings. The molecule has 0 amide bonds. The molecule has 0 spiro atoms. The van der Waals surface area contributed by atoms with Crippen LogP contribution in [0.15, 0.2) is 15.5 Å². The third-order valence-electron chi connectivity index (χ3n) is 4.27. The summed E-state index contributed by atoms with van der Waals surface area (Å²) in [6, 6.07) is 2.34. The van der Waals surface area contributed by atoms with Gasteiger partial charge < -0.3 is 20.2 Å². The van der Waals surface area contributed by atoms with Gasteiger partial charge in [-0.2, -0.15) is 0 Å². The molecule has 5 nitrogen and oxygen atoms in total. The third-order valence-corrected chi connectivity index (χ3v) is 4.27. The molecule has 2 unspecified atom stereocenters. The highest BCUT2D eigenvalue weighted by Crippen LogP contribution is 2.44. The van der Waals surface area contributed by atoms with Crippen LogP contribution < -0.4 is 10.6 Å². The molecule has 0 aromatic carbocycles. The predicted octanol–water partition coefficient (Wildman–Crippen LogP) is 2.69. The van der Waals surface area contributed by atoms with E-state index in [2.05, 4.69) is 29.5 Å². The van der Waals surface area contributed by atoms with Crippen molar-refractivity contribution in [3.8, 4) is 0 Å². The van der Waals surface area contributed by atoms with Gasteiger partial charge in [0.25, 0.3) is 0 Å². The van der Waals surface area contributed by atoms with Crippen molar-refractivity contribution in [1.29, 1.82) is 0 Å². The van der Waals surface area contributed by atoms with Crippen LogP contribution in [0.2, 0.25) is 0 Å². The molecule has 2 rings (SSSR count). The van der Waals surface area contributed by atoms with Gasteiger partial charge in [0.05, 0.1) is 6.54 Å². The van der Waals surface area contributed by atoms with Crippen molar-refractivity contribution in [3.05, 3.63) is 23.2 Å². The average Bonchev–Trinajstić information content (AvgIpc) is 2.80. The third kappa shape index (κ3) is 4.38. The van der Waals surface area contributed by atoms with Crippen LogP contribution in [0.4, 0.5) is 0 Å². The maximum Gasteiger partial charge on any atom is 0.191 e. The normalized spacial score (nSPS) is 22.5. The molecule has 0 saturated heterocycles. The van der Waals surface area contributed by atoms with Crippen LogP contribution in [-0.4, -0.2) is 30.7 Å². The fourth-order valence-electron chi connectivity index (χ4n) is 2.59. The minimum absolute atomic E-state index is 0. The summed E-state index contributed by atoms with van der Waals surface area (Å²) in [5.74, 6) is 2.29. The van der Waals surface area contributed by atoms with Gasteiger partial charge in [-0.3, -0.25) is 4.99 Å². The van der Waals surface area contributed by atoms with Gasteiger partial charge in [-0.15, -0.1) is 24.0 Å². The maximum atomic E-state index is 10.7. The monoisotopic (exact) mass is 421 g/mol. The Balaban J connectivity index is 0.00000242. The highest BCUT2D eigenvalue weighted by Gasteiger charge is 2.46. The summed E-state index contributed by atoms with van der Waals surface area (Å²) in [7, 11) is 1.74. The minimum atomic E-state index is -1.00. The molecule has 3 N–H and O–H groups in total. The quantitative estimate of drug-likeness (QED) is 0.397. The van der Waals surface area contributed by atoms with Crippen molar-refractivity contribution >= 4 is 29.9 Å². The zero-order chi connectivity index (χ0) is 15.8. The number of aliphatic hydroxyl groups is 1. The maximum absolute atomic E-state index is 10.7. The van der Waals surface area contributed by atoms with Gasteiger partial charge in [0, 0.05) is 18.7 Å². The highest BCUT2D eigenvalue weighted by atomic mass is 127. The number of guanidine groups is 1. The first-order valence-corrected chi connectivity index (χ1v) is 7.43. The smallest absolute Gasteiger partial charge is 0.191 e. The molecule has 1 saturated carbocycles. The number of furan rings is 1. The number of halogens is 1. The molecule has 1 aliphatic carbocycles. The van der Waals surface area contributed by atoms with Crippen molar-refractivity contribution < 1.29 is 9.52 Å². The van der Waals surface area contributed by atoms with Crippen LogP contribution in [0.1, 0.15) is 44.3 Å². The first-order chi connectivity index (χ1) is 9.65. The van der Waals surface area contributed by atoms with E-state index in [0.29, 0.717) is 18.0 Å². The van der Waals surface area contributed by atoms with Crippen LogP contribution >= 0.6 is 24.0 Å². The summed E-state index contributed by atoms with van der Waals surface area (Å²) in [4.78, 5) is 4.22. The first-order valence-electron chi connectivity index (χ1n) is 7.43. The lowest BCUT2D eigenvalue weighted by Gasteiger charge is -2.24. The standard InChI is InChI=1S/C16H27N3O2.HI/c1-10-7-12(11(2)21-10)16(5,20)9-18-14(17-6)19-13-8-15(13,3)4;/h7,13,20H,8-9H2,1-6H3,(H2,17,18,19);1H. The van der Waals surface area contributed by atoms with E-state index in [9.17, 15) is 5.11 Å². The van der Waals surface area contributed by atoms with E-state index in [-0.39, 0.29) is 24.0 Å². The van der Waals surface area contributed by atoms with Crippen LogP contribution in [0.3, 0.4) is 0 Å². The van der Waals surface area contributed by atoms with Crippen LogP contribution in [0, 0.1) is 19.3 Å². The number of hydrogen-bond donors (Lipinski definition) is 3. The molecule has 1 aromatic heterocycles. The zero-order valence-electron chi connectivity index (χ0n) is 14.3. The number of hydrogen-bond acceptors (Lipinski definition) is 3. The van der Waals surface area contributed by atoms with E-state index in [1.54, 1.807) is 14.0 Å². The van der Waals surface area contributed by atoms with Crippen molar-refractivity contribution in [2.24, 2.45) is 10.4 Å². The lowest BCUT2D eigenvalue weighted by molar-refractivity contribution is 0.0601. The van der Waals surface area contributed by atoms with E-state index >= 15 is 0 Å². The van der Waals surface area contributed by atoms with E-state index in [1.807, 2.05) is 19.9 Å². The minimum Gasteiger partial charge on any atom is -0.466 e. The molecule has 0 aliphatic heterocycles. The highest BCUT2D eigenvalue weighted by molar-refractivity contribution is 14.0. The molecule has 126 valence electrons. The summed E-state index contributed by atoms with van der Waals surface area (Å²) in [5, 5.41) is 17.3. The lowest BCUT2D eigenvalue weighted by Crippen LogP contribution is -2.45. The van der Waals surface area contributed by atoms with Gasteiger partial charge in [-0.1, -0.05) is 13.8 Å². The van der Waals surface area contributed by atoms with Gasteiger partial charge in [0.15, 0.2) is 5.96 Å². The number of aryl methyl sites for hydroxylation is 2. The second-order valence-corrected chi connectivity index (χ2v) is 6.92. The molecule has 22 heavy (non-hydrogen) atoms. The SMILES string of the molecule is CN=C(NCC(C)(O)c1cc(C)oc1C)NC1CC1(C)C.I. The Morgan fingerprint density at radius 2 is 2.09 bits per heavy atom. The first kappa shape index (κ1) is 19.3. The molecule has 0 bridgehead atoms. The molecule has 1 aliphatic rings. The van der Waals surface area contributed by atoms with Crippen LogP contribution in [0.5, 0.6) is 0 Å². The second-order valence-electron chi connectivity index (χ2n) is 6.92. The molecular weight excluding hydrogens is 393 g/mol. The Kier molecular flexibility index (Phi) is 5.94. The van der Waals surface area contributed by atoms with Gasteiger partial charge in [-0.25, -0.2) is 0 Å². The summed E-state index contributed by atoms with van der Waals surface area (Å²) in [5.41, 5.74) is 0.145. The Hall–Kier alpha value is -0.760. The van der Waals surface area contributed by atoms with Crippen LogP contribution in [-0.2, 0) is 5.60 Å². The zero-order valence-corrected chi connectivity index (χ0v) is 16.6. The largest absolute Gasteiger partial charge is 0.466 e. The van der Waals surface area contributed by atoms with Gasteiger partial charge in [0.1, 0.15) is 17.1 Å². The fraction of sp³-hybridized carbons (Fsp3) is 0.688. The van der Waals surface area contributed by atoms with Crippen LogP contribution in [0.25, 0.3) is 0 Å². The summed E-state index contributed by atoms with van der Waals surface area (Å²) < 4.78 is 5.50. The summed E-state index contributed by atoms with van der Waals surface area (Å²) >= 11 is 0. The van der Waals surface area contributed by atoms with Gasteiger partial charge in [0.2, 0.25) is 0 Å². The topological polar surface area (TPSA) is 69.8 Å². The summed E-state index contributed by atoms with van der Waals surface area (Å²) in [6.07, 6.45) is 1.14. The summed E-state index contributed by atoms with van der Waals surface area (Å²) in [6.45, 7) is 10.4. The second kappa shape index (κ2) is 6.78. The predicted molar refractivity (Wildman–Crippen MR) is 99.9 cm³/mol. The average molecular weight is 421 g/mol. The lowest BCUT2D eigenvalue weighted by atomic mass is 9.96. The van der Waals surface area contributed by atoms with Gasteiger partial charge in [-0.05, 0) is 38.7 Å². The number of nitrogens with zero attached hydrogens (tertiary/aromatic N) is 1. The molecule has 2 atom stereocenters. The Morgan fingerprint density at radius 1 is 1.50 bits per heavy atom. The molecule has 1 heterocycles.